The summed E-state index contributed by atoms with van der Waals surface area (Å²) in [5, 5.41) is 0.0140. The molecule has 0 aliphatic carbocycles. The number of hydrogen-bond acceptors (Lipinski definition) is 4. The Bertz CT molecular complexity index is 582. The number of carbonyl (C=O) groups is 1. The van der Waals surface area contributed by atoms with Crippen LogP contribution in [-0.4, -0.2) is 21.0 Å². The number of halogens is 2. The molecule has 0 fully saturated rings. The second-order valence-electron chi connectivity index (χ2n) is 4.03. The molecule has 0 aliphatic heterocycles. The van der Waals surface area contributed by atoms with Crippen molar-refractivity contribution in [1.82, 2.24) is 0 Å². The molecule has 0 saturated carbocycles. The minimum Gasteiger partial charge on any atom is -0.462 e. The molecule has 1 aromatic carbocycles. The molecule has 0 atom stereocenters. The normalized spacial score (nSPS) is 11.4. The third kappa shape index (κ3) is 4.37. The summed E-state index contributed by atoms with van der Waals surface area (Å²) >= 11 is 5.87. The molecule has 0 aromatic heterocycles. The lowest BCUT2D eigenvalue weighted by Gasteiger charge is -2.08. The number of unbranched alkanes of at least 4 members (excludes halogenated alkanes) is 1. The fourth-order valence-electron chi connectivity index (χ4n) is 1.43. The summed E-state index contributed by atoms with van der Waals surface area (Å²) in [6, 6.07) is 2.61. The molecule has 0 spiro atoms. The Labute approximate surface area is 122 Å². The summed E-state index contributed by atoms with van der Waals surface area (Å²) in [6.45, 7) is 3.86. The fraction of sp³-hybridized carbons (Fsp3) is 0.417. The molecule has 0 saturated heterocycles. The fourth-order valence-corrected chi connectivity index (χ4v) is 2.97. The Hall–Kier alpha value is -0.780. The van der Waals surface area contributed by atoms with Gasteiger partial charge in [0.15, 0.2) is 0 Å². The van der Waals surface area contributed by atoms with Gasteiger partial charge in [0, 0.05) is 10.7 Å². The van der Waals surface area contributed by atoms with Crippen molar-refractivity contribution in [2.24, 2.45) is 0 Å². The maximum atomic E-state index is 11.8. The second-order valence-corrected chi connectivity index (χ2v) is 6.94. The van der Waals surface area contributed by atoms with Crippen LogP contribution in [-0.2, 0) is 13.8 Å². The molecule has 0 radical (unpaired) electrons. The Kier molecular flexibility index (Phi) is 5.64. The van der Waals surface area contributed by atoms with Gasteiger partial charge in [0.05, 0.1) is 17.2 Å². The molecule has 1 aromatic rings. The zero-order valence-electron chi connectivity index (χ0n) is 10.6. The third-order valence-corrected chi connectivity index (χ3v) is 4.41. The molecule has 0 heterocycles. The highest BCUT2D eigenvalue weighted by molar-refractivity contribution is 8.13. The maximum absolute atomic E-state index is 11.8. The quantitative estimate of drug-likeness (QED) is 0.472. The van der Waals surface area contributed by atoms with Crippen LogP contribution >= 0.6 is 22.3 Å². The maximum Gasteiger partial charge on any atom is 0.338 e. The number of ether oxygens (including phenoxy) is 1. The van der Waals surface area contributed by atoms with E-state index in [1.54, 1.807) is 6.92 Å². The molecule has 106 valence electrons. The van der Waals surface area contributed by atoms with E-state index in [1.807, 2.05) is 6.92 Å². The van der Waals surface area contributed by atoms with E-state index in [4.69, 9.17) is 27.0 Å². The van der Waals surface area contributed by atoms with E-state index in [1.165, 1.54) is 6.07 Å². The van der Waals surface area contributed by atoms with Crippen LogP contribution in [0.4, 0.5) is 0 Å². The largest absolute Gasteiger partial charge is 0.462 e. The average molecular weight is 325 g/mol. The van der Waals surface area contributed by atoms with Crippen LogP contribution in [0, 0.1) is 6.92 Å². The van der Waals surface area contributed by atoms with E-state index in [-0.39, 0.29) is 15.5 Å². The second kappa shape index (κ2) is 6.59. The lowest BCUT2D eigenvalue weighted by atomic mass is 10.1. The van der Waals surface area contributed by atoms with Crippen LogP contribution in [0.2, 0.25) is 5.02 Å². The highest BCUT2D eigenvalue weighted by Crippen LogP contribution is 2.29. The standard InChI is InChI=1S/C12H14Cl2O4S/c1-3-4-5-18-12(15)9-6-8(2)11(13)10(7-9)19(14,16)17/h6-7H,3-5H2,1-2H3. The van der Waals surface area contributed by atoms with Gasteiger partial charge in [-0.15, -0.1) is 0 Å². The first-order chi connectivity index (χ1) is 8.77. The van der Waals surface area contributed by atoms with Crippen LogP contribution in [0.15, 0.2) is 17.0 Å². The molecule has 0 aliphatic rings. The van der Waals surface area contributed by atoms with Gasteiger partial charge in [-0.3, -0.25) is 0 Å². The highest BCUT2D eigenvalue weighted by atomic mass is 35.7. The van der Waals surface area contributed by atoms with Crippen molar-refractivity contribution in [3.8, 4) is 0 Å². The first kappa shape index (κ1) is 16.3. The Balaban J connectivity index is 3.11. The summed E-state index contributed by atoms with van der Waals surface area (Å²) in [5.74, 6) is -0.588. The van der Waals surface area contributed by atoms with Gasteiger partial charge in [0.2, 0.25) is 0 Å². The number of hydrogen-bond donors (Lipinski definition) is 0. The number of carbonyl (C=O) groups excluding carboxylic acids is 1. The van der Waals surface area contributed by atoms with E-state index >= 15 is 0 Å². The summed E-state index contributed by atoms with van der Waals surface area (Å²) in [7, 11) is 1.27. The lowest BCUT2D eigenvalue weighted by Crippen LogP contribution is -2.08. The van der Waals surface area contributed by atoms with E-state index in [0.29, 0.717) is 12.2 Å². The highest BCUT2D eigenvalue weighted by Gasteiger charge is 2.20. The first-order valence-corrected chi connectivity index (χ1v) is 8.38. The van der Waals surface area contributed by atoms with E-state index < -0.39 is 15.0 Å². The van der Waals surface area contributed by atoms with Gasteiger partial charge in [-0.1, -0.05) is 24.9 Å². The van der Waals surface area contributed by atoms with Gasteiger partial charge >= 0.3 is 5.97 Å². The van der Waals surface area contributed by atoms with Crippen molar-refractivity contribution in [3.63, 3.8) is 0 Å². The summed E-state index contributed by atoms with van der Waals surface area (Å²) in [5.41, 5.74) is 0.572. The Morgan fingerprint density at radius 1 is 1.37 bits per heavy atom. The van der Waals surface area contributed by atoms with Crippen molar-refractivity contribution < 1.29 is 17.9 Å². The number of rotatable bonds is 5. The van der Waals surface area contributed by atoms with Crippen LogP contribution < -0.4 is 0 Å². The van der Waals surface area contributed by atoms with E-state index in [0.717, 1.165) is 18.9 Å². The Morgan fingerprint density at radius 3 is 2.53 bits per heavy atom. The zero-order chi connectivity index (χ0) is 14.6. The van der Waals surface area contributed by atoms with Crippen molar-refractivity contribution in [2.75, 3.05) is 6.61 Å². The van der Waals surface area contributed by atoms with E-state index in [9.17, 15) is 13.2 Å². The van der Waals surface area contributed by atoms with Gasteiger partial charge in [0.25, 0.3) is 9.05 Å². The monoisotopic (exact) mass is 324 g/mol. The smallest absolute Gasteiger partial charge is 0.338 e. The Morgan fingerprint density at radius 2 is 2.00 bits per heavy atom. The molecular formula is C12H14Cl2O4S. The molecule has 0 bridgehead atoms. The van der Waals surface area contributed by atoms with E-state index in [2.05, 4.69) is 0 Å². The van der Waals surface area contributed by atoms with Crippen LogP contribution in [0.25, 0.3) is 0 Å². The minimum atomic E-state index is -4.00. The lowest BCUT2D eigenvalue weighted by molar-refractivity contribution is 0.0499. The molecule has 0 N–H and O–H groups in total. The van der Waals surface area contributed by atoms with Crippen LogP contribution in [0.3, 0.4) is 0 Å². The molecule has 4 nitrogen and oxygen atoms in total. The number of esters is 1. The number of aryl methyl sites for hydroxylation is 1. The minimum absolute atomic E-state index is 0.0140. The number of benzene rings is 1. The zero-order valence-corrected chi connectivity index (χ0v) is 12.9. The van der Waals surface area contributed by atoms with Gasteiger partial charge < -0.3 is 4.74 Å². The van der Waals surface area contributed by atoms with Crippen LogP contribution in [0.5, 0.6) is 0 Å². The van der Waals surface area contributed by atoms with Crippen molar-refractivity contribution in [3.05, 3.63) is 28.3 Å². The summed E-state index contributed by atoms with van der Waals surface area (Å²) in [6.07, 6.45) is 1.65. The molecule has 7 heteroatoms. The molecule has 1 rings (SSSR count). The van der Waals surface area contributed by atoms with Crippen molar-refractivity contribution >= 4 is 37.3 Å². The van der Waals surface area contributed by atoms with Gasteiger partial charge in [0.1, 0.15) is 4.90 Å². The van der Waals surface area contributed by atoms with Crippen molar-refractivity contribution in [1.29, 1.82) is 0 Å². The average Bonchev–Trinajstić information content (AvgIpc) is 2.31. The molecule has 0 amide bonds. The molecular weight excluding hydrogens is 311 g/mol. The first-order valence-electron chi connectivity index (χ1n) is 5.69. The molecule has 0 unspecified atom stereocenters. The summed E-state index contributed by atoms with van der Waals surface area (Å²) in [4.78, 5) is 11.5. The predicted molar refractivity (Wildman–Crippen MR) is 74.4 cm³/mol. The topological polar surface area (TPSA) is 60.4 Å². The van der Waals surface area contributed by atoms with Gasteiger partial charge in [-0.2, -0.15) is 0 Å². The third-order valence-electron chi connectivity index (χ3n) is 2.45. The van der Waals surface area contributed by atoms with Gasteiger partial charge in [-0.05, 0) is 31.0 Å². The van der Waals surface area contributed by atoms with Gasteiger partial charge in [-0.25, -0.2) is 13.2 Å². The SMILES string of the molecule is CCCCOC(=O)c1cc(C)c(Cl)c(S(=O)(=O)Cl)c1. The van der Waals surface area contributed by atoms with Crippen LogP contribution in [0.1, 0.15) is 35.7 Å². The summed E-state index contributed by atoms with van der Waals surface area (Å²) < 4.78 is 27.8. The molecule has 19 heavy (non-hydrogen) atoms. The van der Waals surface area contributed by atoms with Crippen molar-refractivity contribution in [2.45, 2.75) is 31.6 Å². The predicted octanol–water partition coefficient (Wildman–Crippen LogP) is 3.53.